The van der Waals surface area contributed by atoms with Gasteiger partial charge in [0.05, 0.1) is 12.5 Å². The van der Waals surface area contributed by atoms with Crippen LogP contribution >= 0.6 is 0 Å². The summed E-state index contributed by atoms with van der Waals surface area (Å²) in [7, 11) is 1.64. The lowest BCUT2D eigenvalue weighted by molar-refractivity contribution is -0.146. The fraction of sp³-hybridized carbons (Fsp3) is 0.526. The van der Waals surface area contributed by atoms with Crippen molar-refractivity contribution in [3.63, 3.8) is 0 Å². The van der Waals surface area contributed by atoms with Gasteiger partial charge < -0.3 is 14.9 Å². The number of rotatable bonds is 6. The van der Waals surface area contributed by atoms with Crippen molar-refractivity contribution in [2.24, 2.45) is 5.92 Å². The SMILES string of the molecule is Cc1ccccc1CCC(=O)N(C)CC(=O)N1CCC(C(=O)O)CC1. The number of carboxylic acids is 1. The predicted molar refractivity (Wildman–Crippen MR) is 94.1 cm³/mol. The molecule has 0 aliphatic carbocycles. The maximum absolute atomic E-state index is 12.3. The Morgan fingerprint density at radius 2 is 1.84 bits per heavy atom. The third kappa shape index (κ3) is 5.31. The Morgan fingerprint density at radius 3 is 2.44 bits per heavy atom. The zero-order valence-electron chi connectivity index (χ0n) is 14.9. The van der Waals surface area contributed by atoms with E-state index >= 15 is 0 Å². The van der Waals surface area contributed by atoms with Gasteiger partial charge in [-0.15, -0.1) is 0 Å². The third-order valence-corrected chi connectivity index (χ3v) is 4.86. The highest BCUT2D eigenvalue weighted by Crippen LogP contribution is 2.17. The number of carbonyl (C=O) groups is 3. The second-order valence-corrected chi connectivity index (χ2v) is 6.67. The maximum Gasteiger partial charge on any atom is 0.306 e. The van der Waals surface area contributed by atoms with Gasteiger partial charge in [0.25, 0.3) is 0 Å². The summed E-state index contributed by atoms with van der Waals surface area (Å²) in [6, 6.07) is 7.97. The van der Waals surface area contributed by atoms with Crippen molar-refractivity contribution in [1.82, 2.24) is 9.80 Å². The van der Waals surface area contributed by atoms with Crippen LogP contribution in [0.5, 0.6) is 0 Å². The average Bonchev–Trinajstić information content (AvgIpc) is 2.60. The molecule has 0 bridgehead atoms. The molecule has 1 aromatic carbocycles. The van der Waals surface area contributed by atoms with E-state index in [9.17, 15) is 14.4 Å². The van der Waals surface area contributed by atoms with Crippen LogP contribution in [0, 0.1) is 12.8 Å². The first-order valence-electron chi connectivity index (χ1n) is 8.67. The lowest BCUT2D eigenvalue weighted by atomic mass is 9.97. The first-order chi connectivity index (χ1) is 11.9. The summed E-state index contributed by atoms with van der Waals surface area (Å²) in [4.78, 5) is 38.6. The van der Waals surface area contributed by atoms with E-state index in [1.165, 1.54) is 4.90 Å². The van der Waals surface area contributed by atoms with Crippen LogP contribution in [0.1, 0.15) is 30.4 Å². The molecule has 2 amide bonds. The molecule has 1 heterocycles. The molecule has 0 atom stereocenters. The number of piperidine rings is 1. The fourth-order valence-corrected chi connectivity index (χ4v) is 3.09. The van der Waals surface area contributed by atoms with Gasteiger partial charge in [-0.25, -0.2) is 0 Å². The molecular formula is C19H26N2O4. The van der Waals surface area contributed by atoms with Crippen LogP contribution in [0.15, 0.2) is 24.3 Å². The van der Waals surface area contributed by atoms with Gasteiger partial charge in [-0.1, -0.05) is 24.3 Å². The zero-order chi connectivity index (χ0) is 18.4. The Bertz CT molecular complexity index is 636. The minimum Gasteiger partial charge on any atom is -0.481 e. The van der Waals surface area contributed by atoms with Crippen LogP contribution in [-0.4, -0.2) is 59.4 Å². The number of likely N-dealkylation sites (N-methyl/N-ethyl adjacent to an activating group) is 1. The van der Waals surface area contributed by atoms with Gasteiger partial charge in [-0.05, 0) is 37.3 Å². The number of likely N-dealkylation sites (tertiary alicyclic amines) is 1. The van der Waals surface area contributed by atoms with Crippen LogP contribution in [-0.2, 0) is 20.8 Å². The largest absolute Gasteiger partial charge is 0.481 e. The molecule has 1 fully saturated rings. The second kappa shape index (κ2) is 8.65. The third-order valence-electron chi connectivity index (χ3n) is 4.86. The summed E-state index contributed by atoms with van der Waals surface area (Å²) in [5, 5.41) is 9.00. The molecule has 0 aromatic heterocycles. The molecule has 1 aliphatic rings. The molecular weight excluding hydrogens is 320 g/mol. The Hall–Kier alpha value is -2.37. The van der Waals surface area contributed by atoms with Crippen molar-refractivity contribution in [2.45, 2.75) is 32.6 Å². The van der Waals surface area contributed by atoms with Crippen LogP contribution in [0.2, 0.25) is 0 Å². The van der Waals surface area contributed by atoms with E-state index in [1.807, 2.05) is 31.2 Å². The molecule has 136 valence electrons. The lowest BCUT2D eigenvalue weighted by Gasteiger charge is -2.31. The number of aliphatic carboxylic acids is 1. The quantitative estimate of drug-likeness (QED) is 0.851. The lowest BCUT2D eigenvalue weighted by Crippen LogP contribution is -2.45. The molecule has 1 aliphatic heterocycles. The molecule has 0 spiro atoms. The number of carboxylic acid groups (broad SMARTS) is 1. The van der Waals surface area contributed by atoms with Crippen molar-refractivity contribution in [3.8, 4) is 0 Å². The van der Waals surface area contributed by atoms with Gasteiger partial charge in [0.2, 0.25) is 11.8 Å². The smallest absolute Gasteiger partial charge is 0.306 e. The van der Waals surface area contributed by atoms with Crippen molar-refractivity contribution < 1.29 is 19.5 Å². The summed E-state index contributed by atoms with van der Waals surface area (Å²) in [5.41, 5.74) is 2.31. The highest BCUT2D eigenvalue weighted by molar-refractivity contribution is 5.85. The van der Waals surface area contributed by atoms with Crippen LogP contribution < -0.4 is 0 Å². The standard InChI is InChI=1S/C19H26N2O4/c1-14-5-3-4-6-15(14)7-8-17(22)20(2)13-18(23)21-11-9-16(10-12-21)19(24)25/h3-6,16H,7-13H2,1-2H3,(H,24,25). The summed E-state index contributed by atoms with van der Waals surface area (Å²) in [5.74, 6) is -1.33. The van der Waals surface area contributed by atoms with E-state index in [0.29, 0.717) is 38.8 Å². The molecule has 0 unspecified atom stereocenters. The Morgan fingerprint density at radius 1 is 1.20 bits per heavy atom. The molecule has 6 heteroatoms. The highest BCUT2D eigenvalue weighted by atomic mass is 16.4. The van der Waals surface area contributed by atoms with Crippen LogP contribution in [0.25, 0.3) is 0 Å². The van der Waals surface area contributed by atoms with Crippen LogP contribution in [0.3, 0.4) is 0 Å². The number of hydrogen-bond donors (Lipinski definition) is 1. The first-order valence-corrected chi connectivity index (χ1v) is 8.67. The molecule has 1 aromatic rings. The van der Waals surface area contributed by atoms with Crippen molar-refractivity contribution in [1.29, 1.82) is 0 Å². The van der Waals surface area contributed by atoms with E-state index in [4.69, 9.17) is 5.11 Å². The highest BCUT2D eigenvalue weighted by Gasteiger charge is 2.27. The van der Waals surface area contributed by atoms with Gasteiger partial charge in [0.1, 0.15) is 0 Å². The molecule has 2 rings (SSSR count). The molecule has 1 N–H and O–H groups in total. The van der Waals surface area contributed by atoms with Gasteiger partial charge >= 0.3 is 5.97 Å². The summed E-state index contributed by atoms with van der Waals surface area (Å²) >= 11 is 0. The van der Waals surface area contributed by atoms with Crippen molar-refractivity contribution in [3.05, 3.63) is 35.4 Å². The number of aryl methyl sites for hydroxylation is 2. The summed E-state index contributed by atoms with van der Waals surface area (Å²) in [6.45, 7) is 2.96. The molecule has 0 radical (unpaired) electrons. The first kappa shape index (κ1) is 19.0. The van der Waals surface area contributed by atoms with Gasteiger partial charge in [0, 0.05) is 26.6 Å². The van der Waals surface area contributed by atoms with E-state index in [1.54, 1.807) is 11.9 Å². The second-order valence-electron chi connectivity index (χ2n) is 6.67. The minimum absolute atomic E-state index is 0.0460. The monoisotopic (exact) mass is 346 g/mol. The molecule has 1 saturated heterocycles. The van der Waals surface area contributed by atoms with Crippen molar-refractivity contribution in [2.75, 3.05) is 26.7 Å². The predicted octanol–water partition coefficient (Wildman–Crippen LogP) is 1.71. The fourth-order valence-electron chi connectivity index (χ4n) is 3.09. The molecule has 6 nitrogen and oxygen atoms in total. The summed E-state index contributed by atoms with van der Waals surface area (Å²) in [6.07, 6.45) is 1.99. The van der Waals surface area contributed by atoms with Gasteiger partial charge in [-0.3, -0.25) is 14.4 Å². The number of nitrogens with zero attached hydrogens (tertiary/aromatic N) is 2. The minimum atomic E-state index is -0.796. The van der Waals surface area contributed by atoms with Gasteiger partial charge in [0.15, 0.2) is 0 Å². The van der Waals surface area contributed by atoms with Crippen LogP contribution in [0.4, 0.5) is 0 Å². The van der Waals surface area contributed by atoms with E-state index in [-0.39, 0.29) is 24.3 Å². The molecule has 0 saturated carbocycles. The zero-order valence-corrected chi connectivity index (χ0v) is 14.9. The maximum atomic E-state index is 12.3. The average molecular weight is 346 g/mol. The van der Waals surface area contributed by atoms with Crippen molar-refractivity contribution >= 4 is 17.8 Å². The number of hydrogen-bond acceptors (Lipinski definition) is 3. The number of carbonyl (C=O) groups excluding carboxylic acids is 2. The Balaban J connectivity index is 1.78. The Kier molecular flexibility index (Phi) is 6.56. The van der Waals surface area contributed by atoms with E-state index < -0.39 is 5.97 Å². The van der Waals surface area contributed by atoms with Gasteiger partial charge in [-0.2, -0.15) is 0 Å². The van der Waals surface area contributed by atoms with E-state index in [0.717, 1.165) is 11.1 Å². The number of benzene rings is 1. The van der Waals surface area contributed by atoms with E-state index in [2.05, 4.69) is 0 Å². The topological polar surface area (TPSA) is 77.9 Å². The Labute approximate surface area is 148 Å². The number of amides is 2. The molecule has 25 heavy (non-hydrogen) atoms. The summed E-state index contributed by atoms with van der Waals surface area (Å²) < 4.78 is 0. The normalized spacial score (nSPS) is 15.0.